The molecule has 3 aromatic rings. The SMILES string of the molecule is CCS(=O)(=O)N1CC(CC#N)(n2cc(-c3ncnc4[nH]ccc34)cc2OC)C1. The third-order valence-electron chi connectivity index (χ3n) is 5.24. The number of hydrogen-bond donors (Lipinski definition) is 1. The van der Waals surface area contributed by atoms with Gasteiger partial charge in [-0.25, -0.2) is 18.4 Å². The van der Waals surface area contributed by atoms with E-state index in [-0.39, 0.29) is 25.3 Å². The molecule has 0 atom stereocenters. The van der Waals surface area contributed by atoms with Gasteiger partial charge in [-0.1, -0.05) is 0 Å². The molecule has 0 bridgehead atoms. The van der Waals surface area contributed by atoms with Crippen molar-refractivity contribution < 1.29 is 13.2 Å². The van der Waals surface area contributed by atoms with Crippen LogP contribution in [0.3, 0.4) is 0 Å². The molecule has 3 aromatic heterocycles. The fourth-order valence-corrected chi connectivity index (χ4v) is 4.93. The van der Waals surface area contributed by atoms with Crippen LogP contribution in [0.2, 0.25) is 0 Å². The lowest BCUT2D eigenvalue weighted by Gasteiger charge is -2.49. The summed E-state index contributed by atoms with van der Waals surface area (Å²) in [4.78, 5) is 11.7. The Hall–Kier alpha value is -2.90. The average molecular weight is 400 g/mol. The summed E-state index contributed by atoms with van der Waals surface area (Å²) >= 11 is 0. The molecule has 0 spiro atoms. The summed E-state index contributed by atoms with van der Waals surface area (Å²) in [6.45, 7) is 2.10. The second-order valence-electron chi connectivity index (χ2n) is 6.83. The molecule has 0 radical (unpaired) electrons. The zero-order valence-corrected chi connectivity index (χ0v) is 16.4. The number of methoxy groups -OCH3 is 1. The number of aromatic amines is 1. The first kappa shape index (κ1) is 18.5. The zero-order chi connectivity index (χ0) is 19.9. The molecule has 1 N–H and O–H groups in total. The van der Waals surface area contributed by atoms with Crippen LogP contribution in [-0.2, 0) is 15.6 Å². The van der Waals surface area contributed by atoms with E-state index in [0.29, 0.717) is 5.88 Å². The summed E-state index contributed by atoms with van der Waals surface area (Å²) < 4.78 is 33.2. The molecule has 146 valence electrons. The summed E-state index contributed by atoms with van der Waals surface area (Å²) in [6, 6.07) is 5.95. The number of sulfonamides is 1. The van der Waals surface area contributed by atoms with E-state index in [9.17, 15) is 13.7 Å². The van der Waals surface area contributed by atoms with Crippen molar-refractivity contribution in [3.05, 3.63) is 30.9 Å². The van der Waals surface area contributed by atoms with E-state index < -0.39 is 15.6 Å². The van der Waals surface area contributed by atoms with Crippen LogP contribution in [-0.4, -0.2) is 58.2 Å². The minimum absolute atomic E-state index is 0.0378. The zero-order valence-electron chi connectivity index (χ0n) is 15.6. The lowest BCUT2D eigenvalue weighted by atomic mass is 9.88. The molecule has 4 rings (SSSR count). The van der Waals surface area contributed by atoms with Crippen LogP contribution in [0.25, 0.3) is 22.3 Å². The van der Waals surface area contributed by atoms with Gasteiger partial charge in [-0.2, -0.15) is 9.57 Å². The van der Waals surface area contributed by atoms with E-state index in [2.05, 4.69) is 21.0 Å². The van der Waals surface area contributed by atoms with Crippen molar-refractivity contribution >= 4 is 21.1 Å². The van der Waals surface area contributed by atoms with E-state index in [0.717, 1.165) is 22.3 Å². The van der Waals surface area contributed by atoms with Gasteiger partial charge < -0.3 is 14.3 Å². The Bertz CT molecular complexity index is 1170. The Morgan fingerprint density at radius 1 is 1.39 bits per heavy atom. The van der Waals surface area contributed by atoms with Crippen LogP contribution in [0.5, 0.6) is 5.88 Å². The molecular weight excluding hydrogens is 380 g/mol. The smallest absolute Gasteiger partial charge is 0.213 e. The fraction of sp³-hybridized carbons (Fsp3) is 0.389. The minimum Gasteiger partial charge on any atom is -0.482 e. The standard InChI is InChI=1S/C18H20N6O3S/c1-3-28(25,26)23-10-18(11-23,5-6-19)24-9-13(8-15(24)27-2)16-14-4-7-20-17(14)22-12-21-16/h4,7-9,12H,3,5,10-11H2,1-2H3,(H,20,21,22). The molecule has 1 aliphatic heterocycles. The topological polar surface area (TPSA) is 117 Å². The summed E-state index contributed by atoms with van der Waals surface area (Å²) in [5.74, 6) is 0.594. The number of nitrogens with zero attached hydrogens (tertiary/aromatic N) is 5. The normalized spacial score (nSPS) is 16.6. The molecular formula is C18H20N6O3S. The van der Waals surface area contributed by atoms with Gasteiger partial charge in [0.25, 0.3) is 0 Å². The molecule has 0 aliphatic carbocycles. The third-order valence-corrected chi connectivity index (χ3v) is 7.01. The van der Waals surface area contributed by atoms with Crippen LogP contribution >= 0.6 is 0 Å². The number of nitrogens with one attached hydrogen (secondary N) is 1. The average Bonchev–Trinajstić information content (AvgIpc) is 3.30. The van der Waals surface area contributed by atoms with Crippen molar-refractivity contribution in [1.29, 1.82) is 5.26 Å². The number of aromatic nitrogens is 4. The highest BCUT2D eigenvalue weighted by Crippen LogP contribution is 2.40. The van der Waals surface area contributed by atoms with Gasteiger partial charge in [-0.05, 0) is 13.0 Å². The van der Waals surface area contributed by atoms with Crippen molar-refractivity contribution in [3.8, 4) is 23.2 Å². The monoisotopic (exact) mass is 400 g/mol. The predicted octanol–water partition coefficient (Wildman–Crippen LogP) is 1.71. The number of hydrogen-bond acceptors (Lipinski definition) is 6. The van der Waals surface area contributed by atoms with E-state index >= 15 is 0 Å². The van der Waals surface area contributed by atoms with E-state index in [1.807, 2.05) is 22.9 Å². The molecule has 28 heavy (non-hydrogen) atoms. The van der Waals surface area contributed by atoms with Crippen molar-refractivity contribution in [2.75, 3.05) is 26.0 Å². The molecule has 0 aromatic carbocycles. The number of nitriles is 1. The van der Waals surface area contributed by atoms with Crippen molar-refractivity contribution in [3.63, 3.8) is 0 Å². The largest absolute Gasteiger partial charge is 0.482 e. The number of H-pyrrole nitrogens is 1. The van der Waals surface area contributed by atoms with Gasteiger partial charge in [0.15, 0.2) is 5.88 Å². The quantitative estimate of drug-likeness (QED) is 0.673. The van der Waals surface area contributed by atoms with Gasteiger partial charge in [-0.15, -0.1) is 0 Å². The molecule has 1 fully saturated rings. The minimum atomic E-state index is -3.30. The van der Waals surface area contributed by atoms with Crippen molar-refractivity contribution in [2.24, 2.45) is 0 Å². The van der Waals surface area contributed by atoms with Crippen LogP contribution in [0.15, 0.2) is 30.9 Å². The third kappa shape index (κ3) is 2.75. The summed E-state index contributed by atoms with van der Waals surface area (Å²) in [6.07, 6.45) is 5.34. The molecule has 10 heteroatoms. The highest BCUT2D eigenvalue weighted by atomic mass is 32.2. The molecule has 1 aliphatic rings. The molecule has 0 amide bonds. The number of fused-ring (bicyclic) bond motifs is 1. The molecule has 1 saturated heterocycles. The van der Waals surface area contributed by atoms with Gasteiger partial charge in [0.05, 0.1) is 36.6 Å². The van der Waals surface area contributed by atoms with Crippen LogP contribution in [0.1, 0.15) is 13.3 Å². The van der Waals surface area contributed by atoms with Gasteiger partial charge in [0.2, 0.25) is 10.0 Å². The number of ether oxygens (including phenoxy) is 1. The Kier molecular flexibility index (Phi) is 4.36. The number of rotatable bonds is 6. The molecule has 0 unspecified atom stereocenters. The van der Waals surface area contributed by atoms with Crippen LogP contribution < -0.4 is 4.74 Å². The first-order valence-corrected chi connectivity index (χ1v) is 10.4. The van der Waals surface area contributed by atoms with Gasteiger partial charge in [0.1, 0.15) is 12.0 Å². The van der Waals surface area contributed by atoms with Crippen LogP contribution in [0, 0.1) is 11.3 Å². The first-order chi connectivity index (χ1) is 13.4. The van der Waals surface area contributed by atoms with Gasteiger partial charge in [-0.3, -0.25) is 0 Å². The van der Waals surface area contributed by atoms with E-state index in [1.54, 1.807) is 20.2 Å². The fourth-order valence-electron chi connectivity index (χ4n) is 3.69. The Morgan fingerprint density at radius 2 is 2.18 bits per heavy atom. The predicted molar refractivity (Wildman–Crippen MR) is 103 cm³/mol. The second kappa shape index (κ2) is 6.61. The Morgan fingerprint density at radius 3 is 2.86 bits per heavy atom. The maximum absolute atomic E-state index is 12.2. The van der Waals surface area contributed by atoms with Crippen molar-refractivity contribution in [1.82, 2.24) is 23.8 Å². The Balaban J connectivity index is 1.78. The first-order valence-electron chi connectivity index (χ1n) is 8.84. The summed E-state index contributed by atoms with van der Waals surface area (Å²) in [7, 11) is -1.74. The highest BCUT2D eigenvalue weighted by molar-refractivity contribution is 7.89. The van der Waals surface area contributed by atoms with Crippen LogP contribution in [0.4, 0.5) is 0 Å². The maximum Gasteiger partial charge on any atom is 0.213 e. The maximum atomic E-state index is 12.2. The highest BCUT2D eigenvalue weighted by Gasteiger charge is 2.50. The Labute approximate surface area is 162 Å². The van der Waals surface area contributed by atoms with Gasteiger partial charge in [0, 0.05) is 42.5 Å². The lowest BCUT2D eigenvalue weighted by Crippen LogP contribution is -2.64. The molecule has 4 heterocycles. The summed E-state index contributed by atoms with van der Waals surface area (Å²) in [5, 5.41) is 10.3. The lowest BCUT2D eigenvalue weighted by molar-refractivity contribution is 0.0767. The molecule has 9 nitrogen and oxygen atoms in total. The van der Waals surface area contributed by atoms with E-state index in [4.69, 9.17) is 4.74 Å². The second-order valence-corrected chi connectivity index (χ2v) is 9.09. The van der Waals surface area contributed by atoms with E-state index in [1.165, 1.54) is 10.6 Å². The summed E-state index contributed by atoms with van der Waals surface area (Å²) in [5.41, 5.74) is 1.63. The van der Waals surface area contributed by atoms with Gasteiger partial charge >= 0.3 is 0 Å². The molecule has 0 saturated carbocycles. The van der Waals surface area contributed by atoms with Crippen molar-refractivity contribution in [2.45, 2.75) is 18.9 Å².